The standard InChI is InChI=1S/C40H53F3N4OSi.Ni/c1-12-24-25(13-2)31-21-33-27(15-4)29(17-6)35(46-33)23-37-39(40(41,42)43,48-49(9,10)11)38(18-7,19-8)36(47-37)22-34-28(16-5)26(14-3)32(45-34)20-30(24)44-31;/h20-23H,12-19H2,1-11H3;/q-2;+2. The predicted molar refractivity (Wildman–Crippen MR) is 198 cm³/mol. The zero-order chi connectivity index (χ0) is 36.1. The second-order valence-electron chi connectivity index (χ2n) is 14.3. The van der Waals surface area contributed by atoms with E-state index in [1.807, 2.05) is 52.5 Å². The number of aryl methyl sites for hydroxylation is 4. The van der Waals surface area contributed by atoms with Crippen LogP contribution in [-0.2, 0) is 57.6 Å². The van der Waals surface area contributed by atoms with Crippen molar-refractivity contribution in [2.75, 3.05) is 0 Å². The van der Waals surface area contributed by atoms with Crippen LogP contribution in [0.15, 0.2) is 24.3 Å². The van der Waals surface area contributed by atoms with Crippen LogP contribution in [0.5, 0.6) is 0 Å². The third kappa shape index (κ3) is 6.25. The van der Waals surface area contributed by atoms with Gasteiger partial charge in [0.15, 0.2) is 8.32 Å². The summed E-state index contributed by atoms with van der Waals surface area (Å²) in [6.07, 6.45) is 0.0155. The van der Waals surface area contributed by atoms with Crippen molar-refractivity contribution in [3.05, 3.63) is 69.3 Å². The predicted octanol–water partition coefficient (Wildman–Crippen LogP) is 10.9. The SMILES string of the molecule is CCC1=C(CC)c2cc3[n-]c(cc4nc(cc5[n-]c(cc1n2)c(CC)c5CC)C(CC)(CC)C4(O[Si](C)(C)C)C(F)(F)F)c(CC)c3CC.[Ni+2]. The Morgan fingerprint density at radius 1 is 0.600 bits per heavy atom. The van der Waals surface area contributed by atoms with Crippen LogP contribution in [0.2, 0.25) is 19.6 Å². The summed E-state index contributed by atoms with van der Waals surface area (Å²) in [5.74, 6) is 0. The molecule has 274 valence electrons. The molecule has 10 heteroatoms. The molecule has 1 unspecified atom stereocenters. The van der Waals surface area contributed by atoms with E-state index in [2.05, 4.69) is 40.7 Å². The molecule has 0 N–H and O–H groups in total. The van der Waals surface area contributed by atoms with Gasteiger partial charge in [-0.1, -0.05) is 102 Å². The quantitative estimate of drug-likeness (QED) is 0.193. The minimum Gasteiger partial charge on any atom is -0.657 e. The number of halogens is 3. The normalized spacial score (nSPS) is 17.7. The molecular formula is C40H53F3N4NiOSi. The molecule has 8 bridgehead atoms. The average Bonchev–Trinajstić information content (AvgIpc) is 3.73. The molecule has 2 aliphatic heterocycles. The largest absolute Gasteiger partial charge is 2.00 e. The van der Waals surface area contributed by atoms with Crippen LogP contribution in [-0.4, -0.2) is 24.5 Å². The molecule has 0 spiro atoms. The van der Waals surface area contributed by atoms with E-state index in [1.54, 1.807) is 6.07 Å². The Bertz CT molecular complexity index is 1930. The Balaban J connectivity index is 0.00000562. The summed E-state index contributed by atoms with van der Waals surface area (Å²) >= 11 is 0. The van der Waals surface area contributed by atoms with Crippen LogP contribution in [0.25, 0.3) is 33.2 Å². The number of nitrogens with zero attached hydrogens (tertiary/aromatic N) is 4. The first kappa shape index (κ1) is 40.1. The molecular weight excluding hydrogens is 696 g/mol. The van der Waals surface area contributed by atoms with Crippen molar-refractivity contribution in [2.24, 2.45) is 0 Å². The van der Waals surface area contributed by atoms with Crippen LogP contribution in [0, 0.1) is 0 Å². The number of rotatable bonds is 10. The van der Waals surface area contributed by atoms with Gasteiger partial charge in [-0.3, -0.25) is 4.98 Å². The van der Waals surface area contributed by atoms with Crippen molar-refractivity contribution in [1.29, 1.82) is 0 Å². The molecule has 5 heterocycles. The summed E-state index contributed by atoms with van der Waals surface area (Å²) in [6, 6.07) is 7.55. The molecule has 0 saturated carbocycles. The van der Waals surface area contributed by atoms with E-state index in [0.29, 0.717) is 36.0 Å². The molecule has 0 fully saturated rings. The van der Waals surface area contributed by atoms with Crippen LogP contribution < -0.4 is 9.97 Å². The zero-order valence-corrected chi connectivity index (χ0v) is 33.6. The maximum atomic E-state index is 16.2. The molecule has 0 saturated heterocycles. The molecule has 1 atom stereocenters. The summed E-state index contributed by atoms with van der Waals surface area (Å²) in [5.41, 5.74) is 7.16. The van der Waals surface area contributed by atoms with Crippen molar-refractivity contribution in [3.63, 3.8) is 0 Å². The maximum absolute atomic E-state index is 16.2. The number of hydrogen-bond donors (Lipinski definition) is 0. The molecule has 0 aliphatic carbocycles. The van der Waals surface area contributed by atoms with E-state index >= 15 is 13.2 Å². The van der Waals surface area contributed by atoms with E-state index in [4.69, 9.17) is 24.4 Å². The molecule has 3 aromatic heterocycles. The van der Waals surface area contributed by atoms with Gasteiger partial charge in [-0.2, -0.15) is 13.2 Å². The van der Waals surface area contributed by atoms with Crippen LogP contribution in [0.3, 0.4) is 0 Å². The number of alkyl halides is 3. The van der Waals surface area contributed by atoms with Gasteiger partial charge in [0.2, 0.25) is 5.60 Å². The van der Waals surface area contributed by atoms with Crippen LogP contribution >= 0.6 is 0 Å². The van der Waals surface area contributed by atoms with Gasteiger partial charge in [0.25, 0.3) is 0 Å². The molecule has 0 amide bonds. The first-order valence-corrected chi connectivity index (χ1v) is 21.7. The van der Waals surface area contributed by atoms with Crippen molar-refractivity contribution in [1.82, 2.24) is 19.9 Å². The minimum atomic E-state index is -4.75. The second kappa shape index (κ2) is 14.7. The van der Waals surface area contributed by atoms with E-state index < -0.39 is 25.5 Å². The van der Waals surface area contributed by atoms with E-state index in [1.165, 1.54) is 11.1 Å². The second-order valence-corrected chi connectivity index (χ2v) is 18.7. The van der Waals surface area contributed by atoms with Gasteiger partial charge < -0.3 is 14.4 Å². The van der Waals surface area contributed by atoms with Gasteiger partial charge in [-0.25, -0.2) is 4.98 Å². The van der Waals surface area contributed by atoms with Crippen LogP contribution in [0.1, 0.15) is 126 Å². The molecule has 50 heavy (non-hydrogen) atoms. The molecule has 2 aliphatic rings. The smallest absolute Gasteiger partial charge is 0.657 e. The Kier molecular flexibility index (Phi) is 11.8. The summed E-state index contributed by atoms with van der Waals surface area (Å²) in [7, 11) is -2.83. The van der Waals surface area contributed by atoms with Crippen molar-refractivity contribution >= 4 is 41.5 Å². The fourth-order valence-electron chi connectivity index (χ4n) is 8.56. The van der Waals surface area contributed by atoms with Crippen LogP contribution in [0.4, 0.5) is 13.2 Å². The van der Waals surface area contributed by atoms with E-state index in [-0.39, 0.29) is 35.0 Å². The van der Waals surface area contributed by atoms with Gasteiger partial charge in [-0.05, 0) is 82.2 Å². The topological polar surface area (TPSA) is 63.2 Å². The zero-order valence-electron chi connectivity index (χ0n) is 31.6. The number of allylic oxidation sites excluding steroid dienone is 2. The van der Waals surface area contributed by atoms with Crippen molar-refractivity contribution < 1.29 is 34.1 Å². The molecule has 5 rings (SSSR count). The Morgan fingerprint density at radius 2 is 0.980 bits per heavy atom. The molecule has 5 nitrogen and oxygen atoms in total. The third-order valence-corrected chi connectivity index (χ3v) is 11.6. The molecule has 0 radical (unpaired) electrons. The number of hydrogen-bond acceptors (Lipinski definition) is 3. The summed E-state index contributed by atoms with van der Waals surface area (Å²) in [5, 5.41) is 0. The van der Waals surface area contributed by atoms with Gasteiger partial charge in [0.05, 0.1) is 22.5 Å². The first-order valence-electron chi connectivity index (χ1n) is 18.3. The monoisotopic (exact) mass is 748 g/mol. The Hall–Kier alpha value is -2.68. The van der Waals surface area contributed by atoms with Gasteiger partial charge >= 0.3 is 22.7 Å². The number of fused-ring (bicyclic) bond motifs is 8. The molecule has 0 aromatic carbocycles. The van der Waals surface area contributed by atoms with Gasteiger partial charge in [-0.15, -0.1) is 22.1 Å². The average molecular weight is 750 g/mol. The molecule has 3 aromatic rings. The van der Waals surface area contributed by atoms with Crippen molar-refractivity contribution in [2.45, 2.75) is 144 Å². The van der Waals surface area contributed by atoms with Crippen molar-refractivity contribution in [3.8, 4) is 0 Å². The maximum Gasteiger partial charge on any atom is 2.00 e. The van der Waals surface area contributed by atoms with Gasteiger partial charge in [0, 0.05) is 5.69 Å². The Labute approximate surface area is 307 Å². The summed E-state index contributed by atoms with van der Waals surface area (Å²) in [4.78, 5) is 20.4. The summed E-state index contributed by atoms with van der Waals surface area (Å²) in [6.45, 7) is 21.8. The minimum absolute atomic E-state index is 0. The van der Waals surface area contributed by atoms with E-state index in [9.17, 15) is 0 Å². The Morgan fingerprint density at radius 3 is 1.30 bits per heavy atom. The third-order valence-electron chi connectivity index (χ3n) is 10.7. The fourth-order valence-corrected chi connectivity index (χ4v) is 9.90. The van der Waals surface area contributed by atoms with E-state index in [0.717, 1.165) is 63.9 Å². The van der Waals surface area contributed by atoms with Gasteiger partial charge in [0.1, 0.15) is 0 Å². The fraction of sp³-hybridized carbons (Fsp3) is 0.550. The first-order chi connectivity index (χ1) is 23.1. The summed E-state index contributed by atoms with van der Waals surface area (Å²) < 4.78 is 55.2. The number of aromatic nitrogens is 4.